The number of aliphatic hydroxyl groups excluding tert-OH is 1. The van der Waals surface area contributed by atoms with E-state index >= 15 is 0 Å². The highest BCUT2D eigenvalue weighted by molar-refractivity contribution is 5.17. The Morgan fingerprint density at radius 3 is 2.87 bits per heavy atom. The molecule has 1 heteroatoms. The van der Waals surface area contributed by atoms with Gasteiger partial charge < -0.3 is 5.11 Å². The highest BCUT2D eigenvalue weighted by Crippen LogP contribution is 2.52. The zero-order valence-electron chi connectivity index (χ0n) is 9.91. The third-order valence-corrected chi connectivity index (χ3v) is 4.57. The smallest absolute Gasteiger partial charge is 0.0456 e. The van der Waals surface area contributed by atoms with E-state index in [0.717, 1.165) is 17.8 Å². The molecule has 0 amide bonds. The molecule has 2 fully saturated rings. The van der Waals surface area contributed by atoms with Crippen LogP contribution in [0.4, 0.5) is 0 Å². The molecule has 2 aliphatic carbocycles. The molecule has 0 aliphatic heterocycles. The minimum absolute atomic E-state index is 0.345. The van der Waals surface area contributed by atoms with Crippen molar-refractivity contribution in [3.05, 3.63) is 12.2 Å². The molecule has 0 unspecified atom stereocenters. The molecule has 0 spiro atoms. The fourth-order valence-corrected chi connectivity index (χ4v) is 3.52. The fraction of sp³-hybridized carbons (Fsp3) is 0.857. The first kappa shape index (κ1) is 11.2. The quantitative estimate of drug-likeness (QED) is 0.687. The zero-order valence-corrected chi connectivity index (χ0v) is 9.91. The van der Waals surface area contributed by atoms with Gasteiger partial charge in [0.1, 0.15) is 0 Å². The van der Waals surface area contributed by atoms with Gasteiger partial charge in [-0.15, -0.1) is 0 Å². The van der Waals surface area contributed by atoms with Gasteiger partial charge in [-0.05, 0) is 55.8 Å². The van der Waals surface area contributed by atoms with Crippen molar-refractivity contribution in [2.45, 2.75) is 45.4 Å². The summed E-state index contributed by atoms with van der Waals surface area (Å²) in [4.78, 5) is 0. The summed E-state index contributed by atoms with van der Waals surface area (Å²) >= 11 is 0. The lowest BCUT2D eigenvalue weighted by atomic mass is 9.81. The van der Waals surface area contributed by atoms with Crippen LogP contribution in [-0.2, 0) is 0 Å². The van der Waals surface area contributed by atoms with E-state index in [2.05, 4.69) is 13.5 Å². The monoisotopic (exact) mass is 208 g/mol. The highest BCUT2D eigenvalue weighted by atomic mass is 16.3. The minimum Gasteiger partial charge on any atom is -0.396 e. The van der Waals surface area contributed by atoms with Gasteiger partial charge in [-0.3, -0.25) is 0 Å². The summed E-state index contributed by atoms with van der Waals surface area (Å²) in [5.74, 6) is 3.15. The van der Waals surface area contributed by atoms with Crippen LogP contribution in [-0.4, -0.2) is 11.7 Å². The molecular weight excluding hydrogens is 184 g/mol. The van der Waals surface area contributed by atoms with Gasteiger partial charge in [0.15, 0.2) is 0 Å². The molecule has 2 aliphatic rings. The Morgan fingerprint density at radius 2 is 2.27 bits per heavy atom. The number of rotatable bonds is 5. The van der Waals surface area contributed by atoms with Gasteiger partial charge in [0, 0.05) is 6.61 Å². The number of aliphatic hydroxyl groups is 1. The summed E-state index contributed by atoms with van der Waals surface area (Å²) in [5, 5.41) is 8.97. The molecule has 1 nitrogen and oxygen atoms in total. The van der Waals surface area contributed by atoms with Gasteiger partial charge in [-0.2, -0.15) is 0 Å². The molecule has 86 valence electrons. The van der Waals surface area contributed by atoms with Crippen molar-refractivity contribution in [1.29, 1.82) is 0 Å². The summed E-state index contributed by atoms with van der Waals surface area (Å²) in [6.45, 7) is 6.77. The van der Waals surface area contributed by atoms with E-state index in [4.69, 9.17) is 5.11 Å². The van der Waals surface area contributed by atoms with E-state index in [1.54, 1.807) is 5.57 Å². The first-order chi connectivity index (χ1) is 7.22. The Hall–Kier alpha value is -0.300. The van der Waals surface area contributed by atoms with E-state index < -0.39 is 0 Å². The normalized spacial score (nSPS) is 36.1. The van der Waals surface area contributed by atoms with Gasteiger partial charge in [-0.1, -0.05) is 25.5 Å². The van der Waals surface area contributed by atoms with Crippen molar-refractivity contribution in [2.75, 3.05) is 6.61 Å². The van der Waals surface area contributed by atoms with E-state index in [1.807, 2.05) is 0 Å². The number of hydrogen-bond acceptors (Lipinski definition) is 1. The third kappa shape index (κ3) is 2.28. The second-order valence-corrected chi connectivity index (χ2v) is 5.67. The lowest BCUT2D eigenvalue weighted by molar-refractivity contribution is 0.224. The number of allylic oxidation sites excluding steroid dienone is 1. The maximum atomic E-state index is 8.97. The second kappa shape index (κ2) is 4.69. The molecule has 0 aromatic carbocycles. The molecule has 15 heavy (non-hydrogen) atoms. The van der Waals surface area contributed by atoms with Crippen molar-refractivity contribution in [3.63, 3.8) is 0 Å². The maximum absolute atomic E-state index is 8.97. The SMILES string of the molecule is C=C1[C@@H]2CC[C@@H](C2)[C@H]1CCC[C@@H](C)CO. The topological polar surface area (TPSA) is 20.2 Å². The Labute approximate surface area is 93.6 Å². The van der Waals surface area contributed by atoms with E-state index in [9.17, 15) is 0 Å². The number of hydrogen-bond donors (Lipinski definition) is 1. The summed E-state index contributed by atoms with van der Waals surface area (Å²) in [6.07, 6.45) is 8.06. The average Bonchev–Trinajstić information content (AvgIpc) is 2.81. The van der Waals surface area contributed by atoms with Crippen LogP contribution in [0.3, 0.4) is 0 Å². The van der Waals surface area contributed by atoms with Crippen molar-refractivity contribution in [3.8, 4) is 0 Å². The van der Waals surface area contributed by atoms with Crippen LogP contribution in [0.15, 0.2) is 12.2 Å². The van der Waals surface area contributed by atoms with E-state index in [0.29, 0.717) is 12.5 Å². The van der Waals surface area contributed by atoms with Crippen LogP contribution in [0.2, 0.25) is 0 Å². The summed E-state index contributed by atoms with van der Waals surface area (Å²) in [7, 11) is 0. The van der Waals surface area contributed by atoms with Crippen LogP contribution in [0, 0.1) is 23.7 Å². The van der Waals surface area contributed by atoms with Gasteiger partial charge in [0.2, 0.25) is 0 Å². The standard InChI is InChI=1S/C14H24O/c1-10(9-15)4-3-5-14-11(2)12-6-7-13(14)8-12/h10,12-15H,2-9H2,1H3/t10-,12-,13+,14+/m1/s1. The molecule has 0 aromatic rings. The van der Waals surface area contributed by atoms with E-state index in [1.165, 1.54) is 38.5 Å². The van der Waals surface area contributed by atoms with Crippen molar-refractivity contribution < 1.29 is 5.11 Å². The predicted molar refractivity (Wildman–Crippen MR) is 63.6 cm³/mol. The Balaban J connectivity index is 1.74. The predicted octanol–water partition coefficient (Wildman–Crippen LogP) is 3.39. The lowest BCUT2D eigenvalue weighted by Crippen LogP contribution is -2.13. The van der Waals surface area contributed by atoms with Gasteiger partial charge in [0.05, 0.1) is 0 Å². The maximum Gasteiger partial charge on any atom is 0.0456 e. The number of fused-ring (bicyclic) bond motifs is 2. The van der Waals surface area contributed by atoms with Gasteiger partial charge >= 0.3 is 0 Å². The lowest BCUT2D eigenvalue weighted by Gasteiger charge is -2.24. The Morgan fingerprint density at radius 1 is 1.47 bits per heavy atom. The van der Waals surface area contributed by atoms with Crippen LogP contribution in [0.5, 0.6) is 0 Å². The molecule has 2 rings (SSSR count). The van der Waals surface area contributed by atoms with Crippen LogP contribution >= 0.6 is 0 Å². The van der Waals surface area contributed by atoms with Crippen LogP contribution in [0.25, 0.3) is 0 Å². The molecule has 0 radical (unpaired) electrons. The van der Waals surface area contributed by atoms with Crippen molar-refractivity contribution in [2.24, 2.45) is 23.7 Å². The molecule has 0 heterocycles. The second-order valence-electron chi connectivity index (χ2n) is 5.67. The molecule has 0 aromatic heterocycles. The van der Waals surface area contributed by atoms with Gasteiger partial charge in [0.25, 0.3) is 0 Å². The molecule has 4 atom stereocenters. The molecule has 1 N–H and O–H groups in total. The largest absolute Gasteiger partial charge is 0.396 e. The Kier molecular flexibility index (Phi) is 3.50. The minimum atomic E-state index is 0.345. The molecular formula is C14H24O. The molecule has 0 saturated heterocycles. The molecule has 2 saturated carbocycles. The van der Waals surface area contributed by atoms with Gasteiger partial charge in [-0.25, -0.2) is 0 Å². The van der Waals surface area contributed by atoms with E-state index in [-0.39, 0.29) is 0 Å². The first-order valence-electron chi connectivity index (χ1n) is 6.52. The van der Waals surface area contributed by atoms with Crippen LogP contribution in [0.1, 0.15) is 45.4 Å². The fourth-order valence-electron chi connectivity index (χ4n) is 3.52. The first-order valence-corrected chi connectivity index (χ1v) is 6.52. The average molecular weight is 208 g/mol. The van der Waals surface area contributed by atoms with Crippen LogP contribution < -0.4 is 0 Å². The highest BCUT2D eigenvalue weighted by Gasteiger charge is 2.41. The summed E-state index contributed by atoms with van der Waals surface area (Å²) < 4.78 is 0. The third-order valence-electron chi connectivity index (χ3n) is 4.57. The summed E-state index contributed by atoms with van der Waals surface area (Å²) in [6, 6.07) is 0. The van der Waals surface area contributed by atoms with Crippen molar-refractivity contribution in [1.82, 2.24) is 0 Å². The molecule has 2 bridgehead atoms. The zero-order chi connectivity index (χ0) is 10.8. The Bertz CT molecular complexity index is 233. The van der Waals surface area contributed by atoms with Crippen molar-refractivity contribution >= 4 is 0 Å². The summed E-state index contributed by atoms with van der Waals surface area (Å²) in [5.41, 5.74) is 1.56.